The predicted octanol–water partition coefficient (Wildman–Crippen LogP) is 3.53. The van der Waals surface area contributed by atoms with Crippen LogP contribution in [0.25, 0.3) is 0 Å². The maximum absolute atomic E-state index is 12.0. The van der Waals surface area contributed by atoms with Crippen LogP contribution in [0.1, 0.15) is 35.9 Å². The van der Waals surface area contributed by atoms with Gasteiger partial charge in [-0.15, -0.1) is 0 Å². The van der Waals surface area contributed by atoms with E-state index in [1.54, 1.807) is 6.07 Å². The number of benzene rings is 1. The summed E-state index contributed by atoms with van der Waals surface area (Å²) in [6, 6.07) is 10.8. The Kier molecular flexibility index (Phi) is 5.38. The second-order valence-corrected chi connectivity index (χ2v) is 5.86. The molecule has 0 saturated carbocycles. The van der Waals surface area contributed by atoms with Crippen molar-refractivity contribution in [3.63, 3.8) is 0 Å². The van der Waals surface area contributed by atoms with Gasteiger partial charge in [-0.2, -0.15) is 0 Å². The molecule has 0 fully saturated rings. The minimum atomic E-state index is -0.432. The van der Waals surface area contributed by atoms with Crippen LogP contribution in [0, 0.1) is 0 Å². The number of furan rings is 1. The molecule has 0 unspecified atom stereocenters. The Morgan fingerprint density at radius 3 is 2.55 bits per heavy atom. The van der Waals surface area contributed by atoms with Crippen LogP contribution in [0.15, 0.2) is 45.5 Å². The second kappa shape index (κ2) is 7.26. The largest absolute Gasteiger partial charge is 0.444 e. The Balaban J connectivity index is 1.92. The van der Waals surface area contributed by atoms with Gasteiger partial charge in [0.2, 0.25) is 5.91 Å². The predicted molar refractivity (Wildman–Crippen MR) is 87.9 cm³/mol. The van der Waals surface area contributed by atoms with Crippen LogP contribution < -0.4 is 10.6 Å². The Labute approximate surface area is 137 Å². The van der Waals surface area contributed by atoms with Crippen LogP contribution in [0.2, 0.25) is 0 Å². The maximum atomic E-state index is 12.0. The smallest absolute Gasteiger partial charge is 0.287 e. The first-order chi connectivity index (χ1) is 10.5. The number of hydrogen-bond acceptors (Lipinski definition) is 3. The van der Waals surface area contributed by atoms with Crippen molar-refractivity contribution in [2.24, 2.45) is 0 Å². The molecule has 1 aromatic heterocycles. The Hall–Kier alpha value is -2.08. The molecule has 0 saturated heterocycles. The molecule has 1 aromatic carbocycles. The highest BCUT2D eigenvalue weighted by Gasteiger charge is 2.13. The minimum Gasteiger partial charge on any atom is -0.444 e. The number of rotatable bonds is 5. The molecule has 0 spiro atoms. The van der Waals surface area contributed by atoms with E-state index in [-0.39, 0.29) is 18.2 Å². The van der Waals surface area contributed by atoms with Crippen LogP contribution in [0.3, 0.4) is 0 Å². The van der Waals surface area contributed by atoms with Gasteiger partial charge in [-0.1, -0.05) is 32.0 Å². The highest BCUT2D eigenvalue weighted by molar-refractivity contribution is 9.10. The van der Waals surface area contributed by atoms with Gasteiger partial charge >= 0.3 is 0 Å². The number of hydrogen-bond donors (Lipinski definition) is 2. The van der Waals surface area contributed by atoms with E-state index < -0.39 is 5.91 Å². The highest BCUT2D eigenvalue weighted by Crippen LogP contribution is 2.23. The molecule has 0 atom stereocenters. The van der Waals surface area contributed by atoms with Gasteiger partial charge < -0.3 is 15.1 Å². The van der Waals surface area contributed by atoms with Crippen molar-refractivity contribution in [3.05, 3.63) is 52.4 Å². The summed E-state index contributed by atoms with van der Waals surface area (Å²) in [4.78, 5) is 23.7. The standard InChI is InChI=1S/C16H17BrN2O3/c1-10(2)11-5-3-4-6-12(11)19-15(20)9-18-16(21)13-7-8-14(17)22-13/h3-8,10H,9H2,1-2H3,(H,18,21)(H,19,20). The third-order valence-corrected chi connectivity index (χ3v) is 3.49. The average molecular weight is 365 g/mol. The summed E-state index contributed by atoms with van der Waals surface area (Å²) in [7, 11) is 0. The Morgan fingerprint density at radius 2 is 1.91 bits per heavy atom. The van der Waals surface area contributed by atoms with E-state index >= 15 is 0 Å². The Morgan fingerprint density at radius 1 is 1.18 bits per heavy atom. The number of para-hydroxylation sites is 1. The number of nitrogens with one attached hydrogen (secondary N) is 2. The first-order valence-electron chi connectivity index (χ1n) is 6.89. The van der Waals surface area contributed by atoms with Crippen molar-refractivity contribution >= 4 is 33.4 Å². The molecule has 0 aliphatic carbocycles. The van der Waals surface area contributed by atoms with Crippen LogP contribution in [-0.4, -0.2) is 18.4 Å². The van der Waals surface area contributed by atoms with Gasteiger partial charge in [-0.25, -0.2) is 0 Å². The molecule has 0 aliphatic rings. The molecule has 2 amide bonds. The number of carbonyl (C=O) groups excluding carboxylic acids is 2. The van der Waals surface area contributed by atoms with E-state index in [0.717, 1.165) is 11.3 Å². The fraction of sp³-hybridized carbons (Fsp3) is 0.250. The lowest BCUT2D eigenvalue weighted by Gasteiger charge is -2.13. The van der Waals surface area contributed by atoms with Gasteiger partial charge in [0.15, 0.2) is 10.4 Å². The SMILES string of the molecule is CC(C)c1ccccc1NC(=O)CNC(=O)c1ccc(Br)o1. The van der Waals surface area contributed by atoms with E-state index in [1.165, 1.54) is 6.07 Å². The third-order valence-electron chi connectivity index (χ3n) is 3.06. The van der Waals surface area contributed by atoms with Crippen LogP contribution >= 0.6 is 15.9 Å². The topological polar surface area (TPSA) is 71.3 Å². The molecule has 0 bridgehead atoms. The van der Waals surface area contributed by atoms with Crippen molar-refractivity contribution in [2.45, 2.75) is 19.8 Å². The van der Waals surface area contributed by atoms with E-state index in [0.29, 0.717) is 10.6 Å². The monoisotopic (exact) mass is 364 g/mol. The summed E-state index contributed by atoms with van der Waals surface area (Å²) in [6.07, 6.45) is 0. The molecule has 0 radical (unpaired) electrons. The molecule has 0 aliphatic heterocycles. The lowest BCUT2D eigenvalue weighted by molar-refractivity contribution is -0.115. The lowest BCUT2D eigenvalue weighted by Crippen LogP contribution is -2.32. The molecule has 5 nitrogen and oxygen atoms in total. The fourth-order valence-corrected chi connectivity index (χ4v) is 2.30. The summed E-state index contributed by atoms with van der Waals surface area (Å²) >= 11 is 3.12. The van der Waals surface area contributed by atoms with Crippen molar-refractivity contribution in [2.75, 3.05) is 11.9 Å². The van der Waals surface area contributed by atoms with Crippen LogP contribution in [0.5, 0.6) is 0 Å². The van der Waals surface area contributed by atoms with Gasteiger partial charge in [-0.05, 0) is 45.6 Å². The molecular weight excluding hydrogens is 348 g/mol. The van der Waals surface area contributed by atoms with Crippen LogP contribution in [-0.2, 0) is 4.79 Å². The quantitative estimate of drug-likeness (QED) is 0.852. The lowest BCUT2D eigenvalue weighted by atomic mass is 10.0. The molecule has 22 heavy (non-hydrogen) atoms. The van der Waals surface area contributed by atoms with Crippen molar-refractivity contribution in [1.29, 1.82) is 0 Å². The molecule has 116 valence electrons. The van der Waals surface area contributed by atoms with Crippen molar-refractivity contribution in [3.8, 4) is 0 Å². The van der Waals surface area contributed by atoms with Crippen molar-refractivity contribution in [1.82, 2.24) is 5.32 Å². The third kappa shape index (κ3) is 4.21. The average Bonchev–Trinajstić information content (AvgIpc) is 2.92. The Bertz CT molecular complexity index is 680. The maximum Gasteiger partial charge on any atom is 0.287 e. The molecule has 2 rings (SSSR count). The van der Waals surface area contributed by atoms with E-state index in [2.05, 4.69) is 40.4 Å². The molecule has 6 heteroatoms. The summed E-state index contributed by atoms with van der Waals surface area (Å²) in [6.45, 7) is 3.99. The molecule has 2 aromatic rings. The van der Waals surface area contributed by atoms with E-state index in [1.807, 2.05) is 24.3 Å². The zero-order chi connectivity index (χ0) is 16.1. The summed E-state index contributed by atoms with van der Waals surface area (Å²) < 4.78 is 5.59. The summed E-state index contributed by atoms with van der Waals surface area (Å²) in [5.74, 6) is -0.265. The zero-order valence-corrected chi connectivity index (χ0v) is 13.9. The second-order valence-electron chi connectivity index (χ2n) is 5.08. The number of halogens is 1. The van der Waals surface area contributed by atoms with Crippen LogP contribution in [0.4, 0.5) is 5.69 Å². The summed E-state index contributed by atoms with van der Waals surface area (Å²) in [5.41, 5.74) is 1.81. The molecule has 2 N–H and O–H groups in total. The first-order valence-corrected chi connectivity index (χ1v) is 7.69. The molecular formula is C16H17BrN2O3. The normalized spacial score (nSPS) is 10.5. The van der Waals surface area contributed by atoms with Crippen molar-refractivity contribution < 1.29 is 14.0 Å². The minimum absolute atomic E-state index is 0.121. The fourth-order valence-electron chi connectivity index (χ4n) is 1.99. The highest BCUT2D eigenvalue weighted by atomic mass is 79.9. The number of anilines is 1. The first kappa shape index (κ1) is 16.3. The van der Waals surface area contributed by atoms with Gasteiger partial charge in [0.25, 0.3) is 5.91 Å². The zero-order valence-electron chi connectivity index (χ0n) is 12.4. The van der Waals surface area contributed by atoms with Gasteiger partial charge in [0.05, 0.1) is 6.54 Å². The van der Waals surface area contributed by atoms with E-state index in [4.69, 9.17) is 4.42 Å². The molecule has 1 heterocycles. The summed E-state index contributed by atoms with van der Waals surface area (Å²) in [5, 5.41) is 5.33. The van der Waals surface area contributed by atoms with E-state index in [9.17, 15) is 9.59 Å². The van der Waals surface area contributed by atoms with Gasteiger partial charge in [0, 0.05) is 5.69 Å². The van der Waals surface area contributed by atoms with Gasteiger partial charge in [-0.3, -0.25) is 9.59 Å². The van der Waals surface area contributed by atoms with Gasteiger partial charge in [0.1, 0.15) is 0 Å². The number of carbonyl (C=O) groups is 2. The number of amides is 2.